The van der Waals surface area contributed by atoms with Gasteiger partial charge in [-0.1, -0.05) is 22.0 Å². The van der Waals surface area contributed by atoms with Crippen LogP contribution in [-0.2, 0) is 0 Å². The van der Waals surface area contributed by atoms with Crippen LogP contribution in [0.5, 0.6) is 11.6 Å². The highest BCUT2D eigenvalue weighted by Crippen LogP contribution is 2.35. The Kier molecular flexibility index (Phi) is 5.16. The normalized spacial score (nSPS) is 10.5. The van der Waals surface area contributed by atoms with Gasteiger partial charge in [-0.15, -0.1) is 0 Å². The minimum absolute atomic E-state index is 0.134. The van der Waals surface area contributed by atoms with Crippen molar-refractivity contribution in [1.82, 2.24) is 25.4 Å². The number of carbonyl (C=O) groups excluding carboxylic acids is 1. The lowest BCUT2D eigenvalue weighted by Crippen LogP contribution is -2.30. The van der Waals surface area contributed by atoms with Crippen LogP contribution in [0.2, 0.25) is 0 Å². The molecule has 3 aromatic heterocycles. The van der Waals surface area contributed by atoms with Crippen molar-refractivity contribution < 1.29 is 9.53 Å². The molecule has 0 radical (unpaired) electrons. The number of rotatable bonds is 5. The molecule has 1 aromatic carbocycles. The average molecular weight is 452 g/mol. The minimum atomic E-state index is -0.365. The molecule has 0 spiro atoms. The standard InChI is InChI=1S/C19H14BrN7O2/c20-13-3-4-14(16-12(13)2-1-7-23-16)29-19-15(21)17(24-10-25-19)26-27-18(28)11-5-8-22-9-6-11/h1-10H,21H2,(H,27,28)(H,24,25,26). The smallest absolute Gasteiger partial charge is 0.269 e. The van der Waals surface area contributed by atoms with Crippen molar-refractivity contribution in [3.05, 3.63) is 71.4 Å². The molecule has 9 nitrogen and oxygen atoms in total. The number of carbonyl (C=O) groups is 1. The summed E-state index contributed by atoms with van der Waals surface area (Å²) in [5.41, 5.74) is 12.6. The summed E-state index contributed by atoms with van der Waals surface area (Å²) in [5, 5.41) is 0.889. The molecule has 4 aromatic rings. The van der Waals surface area contributed by atoms with Gasteiger partial charge in [0.15, 0.2) is 11.6 Å². The Bertz CT molecular complexity index is 1190. The van der Waals surface area contributed by atoms with Gasteiger partial charge in [-0.2, -0.15) is 4.98 Å². The Morgan fingerprint density at radius 1 is 1.03 bits per heavy atom. The summed E-state index contributed by atoms with van der Waals surface area (Å²) in [5.74, 6) is 0.457. The SMILES string of the molecule is Nc1c(NNC(=O)c2ccncc2)ncnc1Oc1ccc(Br)c2cccnc12. The monoisotopic (exact) mass is 451 g/mol. The number of pyridine rings is 2. The number of nitrogens with zero attached hydrogens (tertiary/aromatic N) is 4. The van der Waals surface area contributed by atoms with E-state index in [-0.39, 0.29) is 23.3 Å². The van der Waals surface area contributed by atoms with Gasteiger partial charge in [-0.3, -0.25) is 25.6 Å². The van der Waals surface area contributed by atoms with Crippen molar-refractivity contribution in [3.8, 4) is 11.6 Å². The van der Waals surface area contributed by atoms with E-state index < -0.39 is 0 Å². The minimum Gasteiger partial charge on any atom is -0.435 e. The first kappa shape index (κ1) is 18.6. The Labute approximate surface area is 173 Å². The predicted molar refractivity (Wildman–Crippen MR) is 111 cm³/mol. The number of hydrogen-bond donors (Lipinski definition) is 3. The molecule has 0 saturated heterocycles. The lowest BCUT2D eigenvalue weighted by atomic mass is 10.2. The topological polar surface area (TPSA) is 128 Å². The van der Waals surface area contributed by atoms with Crippen LogP contribution in [0.1, 0.15) is 10.4 Å². The Hall–Kier alpha value is -3.79. The van der Waals surface area contributed by atoms with Crippen LogP contribution in [0.4, 0.5) is 11.5 Å². The molecule has 4 rings (SSSR count). The Morgan fingerprint density at radius 3 is 2.69 bits per heavy atom. The summed E-state index contributed by atoms with van der Waals surface area (Å²) in [6.07, 6.45) is 6.00. The molecule has 0 aliphatic rings. The molecule has 10 heteroatoms. The molecule has 0 atom stereocenters. The first-order valence-electron chi connectivity index (χ1n) is 8.41. The molecule has 0 aliphatic heterocycles. The zero-order valence-electron chi connectivity index (χ0n) is 14.8. The summed E-state index contributed by atoms with van der Waals surface area (Å²) in [7, 11) is 0. The molecule has 0 unspecified atom stereocenters. The fourth-order valence-electron chi connectivity index (χ4n) is 2.55. The van der Waals surface area contributed by atoms with Gasteiger partial charge in [0.1, 0.15) is 17.5 Å². The summed E-state index contributed by atoms with van der Waals surface area (Å²) in [4.78, 5) is 28.5. The maximum absolute atomic E-state index is 12.2. The molecule has 1 amide bonds. The van der Waals surface area contributed by atoms with Crippen molar-refractivity contribution in [1.29, 1.82) is 0 Å². The number of halogens is 1. The first-order valence-corrected chi connectivity index (χ1v) is 9.20. The quantitative estimate of drug-likeness (QED) is 0.394. The number of anilines is 2. The third-order valence-electron chi connectivity index (χ3n) is 3.97. The third kappa shape index (κ3) is 3.92. The number of hydrogen-bond acceptors (Lipinski definition) is 8. The fourth-order valence-corrected chi connectivity index (χ4v) is 3.00. The van der Waals surface area contributed by atoms with E-state index in [1.165, 1.54) is 18.7 Å². The van der Waals surface area contributed by atoms with Crippen molar-refractivity contribution >= 4 is 44.2 Å². The second-order valence-corrected chi connectivity index (χ2v) is 6.66. The van der Waals surface area contributed by atoms with Crippen LogP contribution in [0, 0.1) is 0 Å². The average Bonchev–Trinajstić information content (AvgIpc) is 2.76. The van der Waals surface area contributed by atoms with Gasteiger partial charge in [0.05, 0.1) is 0 Å². The molecule has 0 fully saturated rings. The number of ether oxygens (including phenoxy) is 1. The molecule has 0 saturated carbocycles. The fraction of sp³-hybridized carbons (Fsp3) is 0. The highest BCUT2D eigenvalue weighted by Gasteiger charge is 2.14. The third-order valence-corrected chi connectivity index (χ3v) is 4.66. The maximum Gasteiger partial charge on any atom is 0.269 e. The molecule has 0 bridgehead atoms. The van der Waals surface area contributed by atoms with Gasteiger partial charge < -0.3 is 10.5 Å². The van der Waals surface area contributed by atoms with Crippen molar-refractivity contribution in [2.45, 2.75) is 0 Å². The van der Waals surface area contributed by atoms with E-state index in [2.05, 4.69) is 46.7 Å². The molecular formula is C19H14BrN7O2. The summed E-state index contributed by atoms with van der Waals surface area (Å²) < 4.78 is 6.78. The second-order valence-electron chi connectivity index (χ2n) is 5.80. The van der Waals surface area contributed by atoms with Gasteiger partial charge in [0.2, 0.25) is 5.88 Å². The number of benzene rings is 1. The zero-order valence-corrected chi connectivity index (χ0v) is 16.4. The van der Waals surface area contributed by atoms with Crippen molar-refractivity contribution in [3.63, 3.8) is 0 Å². The van der Waals surface area contributed by atoms with Crippen LogP contribution in [0.25, 0.3) is 10.9 Å². The Morgan fingerprint density at radius 2 is 1.86 bits per heavy atom. The number of hydrazine groups is 1. The summed E-state index contributed by atoms with van der Waals surface area (Å²) in [6.45, 7) is 0. The van der Waals surface area contributed by atoms with Crippen LogP contribution < -0.4 is 21.3 Å². The molecule has 4 N–H and O–H groups in total. The highest BCUT2D eigenvalue weighted by atomic mass is 79.9. The predicted octanol–water partition coefficient (Wildman–Crippen LogP) is 3.31. The highest BCUT2D eigenvalue weighted by molar-refractivity contribution is 9.10. The molecule has 3 heterocycles. The van der Waals surface area contributed by atoms with E-state index in [1.54, 1.807) is 24.4 Å². The van der Waals surface area contributed by atoms with Crippen molar-refractivity contribution in [2.24, 2.45) is 0 Å². The van der Waals surface area contributed by atoms with E-state index in [4.69, 9.17) is 10.5 Å². The van der Waals surface area contributed by atoms with Gasteiger partial charge in [-0.25, -0.2) is 4.98 Å². The summed E-state index contributed by atoms with van der Waals surface area (Å²) >= 11 is 3.50. The van der Waals surface area contributed by atoms with Gasteiger partial charge >= 0.3 is 0 Å². The van der Waals surface area contributed by atoms with E-state index >= 15 is 0 Å². The second kappa shape index (κ2) is 8.07. The molecule has 29 heavy (non-hydrogen) atoms. The van der Waals surface area contributed by atoms with Crippen LogP contribution in [0.3, 0.4) is 0 Å². The van der Waals surface area contributed by atoms with E-state index in [9.17, 15) is 4.79 Å². The molecule has 144 valence electrons. The number of nitrogen functional groups attached to an aromatic ring is 1. The number of aromatic nitrogens is 4. The lowest BCUT2D eigenvalue weighted by molar-refractivity contribution is 0.0962. The largest absolute Gasteiger partial charge is 0.435 e. The van der Waals surface area contributed by atoms with Gasteiger partial charge in [0.25, 0.3) is 5.91 Å². The molecule has 0 aliphatic carbocycles. The van der Waals surface area contributed by atoms with E-state index in [1.807, 2.05) is 18.2 Å². The zero-order chi connectivity index (χ0) is 20.2. The number of nitrogens with two attached hydrogens (primary N) is 1. The maximum atomic E-state index is 12.2. The summed E-state index contributed by atoms with van der Waals surface area (Å²) in [6, 6.07) is 10.5. The lowest BCUT2D eigenvalue weighted by Gasteiger charge is -2.13. The first-order chi connectivity index (χ1) is 14.1. The van der Waals surface area contributed by atoms with Gasteiger partial charge in [0, 0.05) is 34.0 Å². The molecular weight excluding hydrogens is 438 g/mol. The van der Waals surface area contributed by atoms with E-state index in [0.717, 1.165) is 9.86 Å². The number of amides is 1. The Balaban J connectivity index is 1.56. The number of fused-ring (bicyclic) bond motifs is 1. The van der Waals surface area contributed by atoms with Gasteiger partial charge in [-0.05, 0) is 30.3 Å². The van der Waals surface area contributed by atoms with Crippen LogP contribution in [-0.4, -0.2) is 25.8 Å². The van der Waals surface area contributed by atoms with Crippen LogP contribution >= 0.6 is 15.9 Å². The van der Waals surface area contributed by atoms with Crippen LogP contribution in [0.15, 0.2) is 65.8 Å². The van der Waals surface area contributed by atoms with E-state index in [0.29, 0.717) is 16.8 Å². The van der Waals surface area contributed by atoms with Crippen molar-refractivity contribution in [2.75, 3.05) is 11.2 Å². The number of nitrogens with one attached hydrogen (secondary N) is 2.